The van der Waals surface area contributed by atoms with Gasteiger partial charge in [0.2, 0.25) is 5.92 Å². The number of carboxylic acids is 1. The Bertz CT molecular complexity index is 979. The van der Waals surface area contributed by atoms with Crippen molar-refractivity contribution in [1.29, 1.82) is 0 Å². The number of ether oxygens (including phenoxy) is 2. The van der Waals surface area contributed by atoms with Gasteiger partial charge < -0.3 is 24.8 Å². The lowest BCUT2D eigenvalue weighted by Gasteiger charge is -2.24. The molecule has 0 aromatic heterocycles. The third-order valence-electron chi connectivity index (χ3n) is 5.84. The predicted octanol–water partition coefficient (Wildman–Crippen LogP) is 6.16. The Morgan fingerprint density at radius 2 is 1.76 bits per heavy atom. The van der Waals surface area contributed by atoms with Crippen LogP contribution in [0.1, 0.15) is 50.7 Å². The second-order valence-corrected chi connectivity index (χ2v) is 9.09. The summed E-state index contributed by atoms with van der Waals surface area (Å²) in [5.41, 5.74) is 2.46. The highest BCUT2D eigenvalue weighted by atomic mass is 19.3. The number of carbonyl (C=O) groups is 2. The molecule has 37 heavy (non-hydrogen) atoms. The average molecular weight is 521 g/mol. The number of hydrogen-bond donors (Lipinski definition) is 2. The minimum absolute atomic E-state index is 0.167. The van der Waals surface area contributed by atoms with E-state index >= 15 is 0 Å². The molecule has 0 heterocycles. The fourth-order valence-electron chi connectivity index (χ4n) is 3.77. The van der Waals surface area contributed by atoms with E-state index in [4.69, 9.17) is 9.47 Å². The van der Waals surface area contributed by atoms with E-state index in [2.05, 4.69) is 5.32 Å². The van der Waals surface area contributed by atoms with Gasteiger partial charge in [-0.25, -0.2) is 18.4 Å². The number of nitrogens with one attached hydrogen (secondary N) is 1. The number of benzene rings is 2. The zero-order valence-electron chi connectivity index (χ0n) is 21.8. The Morgan fingerprint density at radius 3 is 2.38 bits per heavy atom. The van der Waals surface area contributed by atoms with E-state index in [0.29, 0.717) is 50.4 Å². The maximum atomic E-state index is 13.1. The molecule has 0 aliphatic carbocycles. The van der Waals surface area contributed by atoms with E-state index in [1.807, 2.05) is 31.2 Å². The van der Waals surface area contributed by atoms with Gasteiger partial charge in [-0.1, -0.05) is 36.8 Å². The van der Waals surface area contributed by atoms with Gasteiger partial charge in [-0.3, -0.25) is 0 Å². The van der Waals surface area contributed by atoms with Gasteiger partial charge in [-0.15, -0.1) is 0 Å². The van der Waals surface area contributed by atoms with Crippen molar-refractivity contribution in [2.24, 2.45) is 0 Å². The fourth-order valence-corrected chi connectivity index (χ4v) is 3.77. The van der Waals surface area contributed by atoms with E-state index in [0.717, 1.165) is 18.1 Å². The second kappa shape index (κ2) is 15.1. The number of hydrogen-bond acceptors (Lipinski definition) is 4. The Morgan fingerprint density at radius 1 is 1.05 bits per heavy atom. The lowest BCUT2D eigenvalue weighted by atomic mass is 10.1. The van der Waals surface area contributed by atoms with Crippen LogP contribution in [-0.4, -0.2) is 60.3 Å². The molecule has 2 amide bonds. The summed E-state index contributed by atoms with van der Waals surface area (Å²) in [6, 6.07) is 14.3. The average Bonchev–Trinajstić information content (AvgIpc) is 2.84. The summed E-state index contributed by atoms with van der Waals surface area (Å²) >= 11 is 0. The maximum absolute atomic E-state index is 13.1. The second-order valence-electron chi connectivity index (χ2n) is 9.09. The Hall–Kier alpha value is -3.20. The van der Waals surface area contributed by atoms with Crippen LogP contribution in [-0.2, 0) is 16.0 Å². The quantitative estimate of drug-likeness (QED) is 0.259. The van der Waals surface area contributed by atoms with Gasteiger partial charge in [0.15, 0.2) is 6.10 Å². The maximum Gasteiger partial charge on any atom is 0.333 e. The summed E-state index contributed by atoms with van der Waals surface area (Å²) in [5, 5.41) is 12.2. The van der Waals surface area contributed by atoms with Crippen LogP contribution in [0, 0.1) is 6.92 Å². The first-order chi connectivity index (χ1) is 17.6. The summed E-state index contributed by atoms with van der Waals surface area (Å²) in [4.78, 5) is 25.9. The number of nitrogens with zero attached hydrogens (tertiary/aromatic N) is 1. The Labute approximate surface area is 217 Å². The highest BCUT2D eigenvalue weighted by molar-refractivity contribution is 5.90. The number of urea groups is 1. The Kier molecular flexibility index (Phi) is 12.3. The number of para-hydroxylation sites is 1. The van der Waals surface area contributed by atoms with E-state index in [9.17, 15) is 23.5 Å². The van der Waals surface area contributed by atoms with Gasteiger partial charge in [0.05, 0.1) is 6.54 Å². The molecule has 0 radical (unpaired) electrons. The van der Waals surface area contributed by atoms with Crippen molar-refractivity contribution in [1.82, 2.24) is 4.90 Å². The first-order valence-corrected chi connectivity index (χ1v) is 12.6. The fraction of sp³-hybridized carbons (Fsp3) is 0.500. The van der Waals surface area contributed by atoms with Crippen molar-refractivity contribution in [3.8, 4) is 5.75 Å². The Balaban J connectivity index is 1.92. The molecule has 0 spiro atoms. The minimum atomic E-state index is -2.68. The van der Waals surface area contributed by atoms with E-state index in [1.165, 1.54) is 0 Å². The van der Waals surface area contributed by atoms with Crippen LogP contribution in [0.2, 0.25) is 0 Å². The molecule has 2 aromatic rings. The lowest BCUT2D eigenvalue weighted by Crippen LogP contribution is -2.38. The van der Waals surface area contributed by atoms with Gasteiger partial charge in [0.25, 0.3) is 0 Å². The molecule has 204 valence electrons. The number of aliphatic carboxylic acids is 1. The number of halogens is 2. The number of carboxylic acid groups (broad SMARTS) is 1. The third-order valence-corrected chi connectivity index (χ3v) is 5.84. The molecule has 2 rings (SSSR count). The largest absolute Gasteiger partial charge is 0.492 e. The van der Waals surface area contributed by atoms with E-state index in [1.54, 1.807) is 36.1 Å². The van der Waals surface area contributed by atoms with Crippen molar-refractivity contribution in [3.63, 3.8) is 0 Å². The van der Waals surface area contributed by atoms with Crippen LogP contribution < -0.4 is 10.1 Å². The van der Waals surface area contributed by atoms with Crippen molar-refractivity contribution >= 4 is 17.7 Å². The number of rotatable bonds is 16. The van der Waals surface area contributed by atoms with Gasteiger partial charge in [0.1, 0.15) is 12.4 Å². The summed E-state index contributed by atoms with van der Waals surface area (Å²) in [7, 11) is 0. The molecular formula is C28H38F2N2O5. The molecule has 0 bridgehead atoms. The number of aryl methyl sites for hydroxylation is 1. The van der Waals surface area contributed by atoms with Gasteiger partial charge in [0, 0.05) is 31.7 Å². The number of carbonyl (C=O) groups excluding carboxylic acids is 1. The molecule has 0 saturated carbocycles. The van der Waals surface area contributed by atoms with Crippen molar-refractivity contribution in [2.45, 2.75) is 64.9 Å². The highest BCUT2D eigenvalue weighted by Gasteiger charge is 2.20. The molecule has 0 aliphatic heterocycles. The summed E-state index contributed by atoms with van der Waals surface area (Å²) in [6.07, 6.45) is 0.779. The van der Waals surface area contributed by atoms with Crippen molar-refractivity contribution in [2.75, 3.05) is 31.6 Å². The molecule has 0 saturated heterocycles. The van der Waals surface area contributed by atoms with Crippen LogP contribution >= 0.6 is 0 Å². The van der Waals surface area contributed by atoms with Crippen LogP contribution in [0.4, 0.5) is 19.3 Å². The van der Waals surface area contributed by atoms with Crippen molar-refractivity contribution < 1.29 is 33.0 Å². The van der Waals surface area contributed by atoms with Crippen LogP contribution in [0.25, 0.3) is 0 Å². The molecule has 2 N–H and O–H groups in total. The monoisotopic (exact) mass is 520 g/mol. The third kappa shape index (κ3) is 11.6. The molecule has 7 nitrogen and oxygen atoms in total. The van der Waals surface area contributed by atoms with Crippen LogP contribution in [0.5, 0.6) is 5.75 Å². The molecule has 1 atom stereocenters. The number of anilines is 1. The van der Waals surface area contributed by atoms with Crippen LogP contribution in [0.15, 0.2) is 48.5 Å². The van der Waals surface area contributed by atoms with Crippen LogP contribution in [0.3, 0.4) is 0 Å². The van der Waals surface area contributed by atoms with Gasteiger partial charge >= 0.3 is 12.0 Å². The molecular weight excluding hydrogens is 482 g/mol. The lowest BCUT2D eigenvalue weighted by molar-refractivity contribution is -0.149. The van der Waals surface area contributed by atoms with Gasteiger partial charge in [-0.2, -0.15) is 0 Å². The normalized spacial score (nSPS) is 12.1. The van der Waals surface area contributed by atoms with Gasteiger partial charge in [-0.05, 0) is 62.9 Å². The van der Waals surface area contributed by atoms with E-state index < -0.39 is 18.0 Å². The SMILES string of the molecule is CCOC(Cc1ccc(OCCN(CCCCCC(C)(F)F)C(=O)Nc2ccccc2C)cc1)C(=O)O. The minimum Gasteiger partial charge on any atom is -0.492 e. The van der Waals surface area contributed by atoms with Crippen molar-refractivity contribution in [3.05, 3.63) is 59.7 Å². The summed E-state index contributed by atoms with van der Waals surface area (Å²) in [5.74, 6) is -3.09. The number of unbranched alkanes of at least 4 members (excludes halogenated alkanes) is 2. The summed E-state index contributed by atoms with van der Waals surface area (Å²) in [6.45, 7) is 5.87. The molecule has 0 aliphatic rings. The molecule has 0 fully saturated rings. The number of amides is 2. The topological polar surface area (TPSA) is 88.1 Å². The first kappa shape index (κ1) is 30.0. The predicted molar refractivity (Wildman–Crippen MR) is 140 cm³/mol. The standard InChI is InChI=1S/C28H38F2N2O5/c1-4-36-25(26(33)34)20-22-12-14-23(15-13-22)37-19-18-32(17-9-5-8-16-28(3,29)30)27(35)31-24-11-7-6-10-21(24)2/h6-7,10-15,25H,4-5,8-9,16-20H2,1-3H3,(H,31,35)(H,33,34). The molecule has 9 heteroatoms. The molecule has 1 unspecified atom stereocenters. The highest BCUT2D eigenvalue weighted by Crippen LogP contribution is 2.21. The zero-order chi connectivity index (χ0) is 27.3. The van der Waals surface area contributed by atoms with E-state index in [-0.39, 0.29) is 25.5 Å². The first-order valence-electron chi connectivity index (χ1n) is 12.6. The number of alkyl halides is 2. The smallest absolute Gasteiger partial charge is 0.333 e. The zero-order valence-corrected chi connectivity index (χ0v) is 21.8. The summed E-state index contributed by atoms with van der Waals surface area (Å²) < 4.78 is 37.2. The molecule has 2 aromatic carbocycles.